The van der Waals surface area contributed by atoms with E-state index in [9.17, 15) is 4.79 Å². The molecule has 2 heterocycles. The Kier molecular flexibility index (Phi) is 4.55. The molecule has 0 aliphatic rings. The van der Waals surface area contributed by atoms with E-state index in [0.717, 1.165) is 38.8 Å². The Morgan fingerprint density at radius 1 is 0.606 bits per heavy atom. The zero-order chi connectivity index (χ0) is 22.2. The van der Waals surface area contributed by atoms with Crippen molar-refractivity contribution >= 4 is 27.8 Å². The number of fused-ring (bicyclic) bond motifs is 3. The molecular formula is C29H19N3O. The maximum absolute atomic E-state index is 13.9. The third-order valence-electron chi connectivity index (χ3n) is 5.91. The number of aromatic nitrogens is 3. The highest BCUT2D eigenvalue weighted by molar-refractivity contribution is 6.19. The van der Waals surface area contributed by atoms with Gasteiger partial charge in [0.25, 0.3) is 5.91 Å². The number of carbonyl (C=O) groups excluding carboxylic acids is 1. The fraction of sp³-hybridized carbons (Fsp3) is 0. The quantitative estimate of drug-likeness (QED) is 0.321. The van der Waals surface area contributed by atoms with Crippen molar-refractivity contribution < 1.29 is 4.79 Å². The van der Waals surface area contributed by atoms with Gasteiger partial charge in [-0.25, -0.2) is 0 Å². The first-order chi connectivity index (χ1) is 16.3. The topological polar surface area (TPSA) is 47.8 Å². The monoisotopic (exact) mass is 425 g/mol. The number of hydrogen-bond donors (Lipinski definition) is 0. The minimum Gasteiger partial charge on any atom is -0.273 e. The second-order valence-corrected chi connectivity index (χ2v) is 7.88. The lowest BCUT2D eigenvalue weighted by atomic mass is 9.98. The molecule has 0 unspecified atom stereocenters. The highest BCUT2D eigenvalue weighted by Gasteiger charge is 2.24. The van der Waals surface area contributed by atoms with Crippen LogP contribution in [0.25, 0.3) is 44.3 Å². The molecule has 2 aromatic heterocycles. The van der Waals surface area contributed by atoms with Crippen LogP contribution in [0, 0.1) is 0 Å². The summed E-state index contributed by atoms with van der Waals surface area (Å²) < 4.78 is 1.80. The molecule has 4 aromatic carbocycles. The van der Waals surface area contributed by atoms with E-state index in [0.29, 0.717) is 11.1 Å². The molecular weight excluding hydrogens is 406 g/mol. The summed E-state index contributed by atoms with van der Waals surface area (Å²) in [6, 6.07) is 37.3. The number of carbonyl (C=O) groups is 1. The van der Waals surface area contributed by atoms with Crippen molar-refractivity contribution in [3.63, 3.8) is 0 Å². The molecule has 0 atom stereocenters. The van der Waals surface area contributed by atoms with Crippen LogP contribution in [0.3, 0.4) is 0 Å². The van der Waals surface area contributed by atoms with E-state index in [1.807, 2.05) is 103 Å². The molecule has 0 bridgehead atoms. The molecule has 0 fully saturated rings. The first kappa shape index (κ1) is 19.1. The summed E-state index contributed by atoms with van der Waals surface area (Å²) in [6.45, 7) is 0. The fourth-order valence-electron chi connectivity index (χ4n) is 4.41. The van der Waals surface area contributed by atoms with Gasteiger partial charge in [0.05, 0.1) is 11.0 Å². The summed E-state index contributed by atoms with van der Waals surface area (Å²) in [6.07, 6.45) is 0. The third kappa shape index (κ3) is 3.12. The van der Waals surface area contributed by atoms with Crippen molar-refractivity contribution in [1.82, 2.24) is 14.8 Å². The van der Waals surface area contributed by atoms with Crippen LogP contribution in [0.1, 0.15) is 10.4 Å². The van der Waals surface area contributed by atoms with Gasteiger partial charge >= 0.3 is 0 Å². The minimum absolute atomic E-state index is 0.0917. The van der Waals surface area contributed by atoms with Gasteiger partial charge in [-0.05, 0) is 23.8 Å². The summed E-state index contributed by atoms with van der Waals surface area (Å²) in [5, 5.41) is 10.2. The number of para-hydroxylation sites is 1. The Morgan fingerprint density at radius 3 is 1.88 bits per heavy atom. The van der Waals surface area contributed by atoms with Gasteiger partial charge in [-0.3, -0.25) is 9.36 Å². The molecule has 0 aliphatic carbocycles. The average molecular weight is 425 g/mol. The molecule has 0 aliphatic heterocycles. The van der Waals surface area contributed by atoms with Crippen LogP contribution in [0.4, 0.5) is 0 Å². The van der Waals surface area contributed by atoms with E-state index in [2.05, 4.69) is 22.3 Å². The Morgan fingerprint density at radius 2 is 1.18 bits per heavy atom. The van der Waals surface area contributed by atoms with E-state index in [1.165, 1.54) is 0 Å². The largest absolute Gasteiger partial charge is 0.273 e. The zero-order valence-corrected chi connectivity index (χ0v) is 17.7. The van der Waals surface area contributed by atoms with Crippen LogP contribution < -0.4 is 0 Å². The molecule has 4 heteroatoms. The van der Waals surface area contributed by atoms with Crippen molar-refractivity contribution in [3.8, 4) is 22.4 Å². The molecule has 0 N–H and O–H groups in total. The van der Waals surface area contributed by atoms with Gasteiger partial charge in [-0.15, -0.1) is 10.2 Å². The Bertz CT molecular complexity index is 1610. The molecule has 33 heavy (non-hydrogen) atoms. The van der Waals surface area contributed by atoms with Crippen LogP contribution >= 0.6 is 0 Å². The standard InChI is InChI=1S/C29H19N3O/c33-29(22-16-8-3-9-17-22)32-24-19-11-10-18-23(24)27-28(32)25(20-12-4-1-5-13-20)26(30-31-27)21-14-6-2-7-15-21/h1-19H. The van der Waals surface area contributed by atoms with Crippen molar-refractivity contribution in [2.45, 2.75) is 0 Å². The highest BCUT2D eigenvalue weighted by Crippen LogP contribution is 2.39. The van der Waals surface area contributed by atoms with Gasteiger partial charge in [0, 0.05) is 22.1 Å². The number of benzene rings is 4. The SMILES string of the molecule is O=C(c1ccccc1)n1c2ccccc2c2nnc(-c3ccccc3)c(-c3ccccc3)c21. The normalized spacial score (nSPS) is 11.2. The Hall–Kier alpha value is -4.57. The van der Waals surface area contributed by atoms with Gasteiger partial charge < -0.3 is 0 Å². The average Bonchev–Trinajstić information content (AvgIpc) is 3.23. The van der Waals surface area contributed by atoms with Crippen LogP contribution in [0.15, 0.2) is 115 Å². The fourth-order valence-corrected chi connectivity index (χ4v) is 4.41. The van der Waals surface area contributed by atoms with E-state index < -0.39 is 0 Å². The zero-order valence-electron chi connectivity index (χ0n) is 17.7. The third-order valence-corrected chi connectivity index (χ3v) is 5.91. The molecule has 0 saturated heterocycles. The number of nitrogens with zero attached hydrogens (tertiary/aromatic N) is 3. The lowest BCUT2D eigenvalue weighted by Gasteiger charge is -2.13. The van der Waals surface area contributed by atoms with Crippen LogP contribution in [0.2, 0.25) is 0 Å². The van der Waals surface area contributed by atoms with E-state index >= 15 is 0 Å². The number of rotatable bonds is 3. The second kappa shape index (κ2) is 7.84. The van der Waals surface area contributed by atoms with E-state index in [-0.39, 0.29) is 5.91 Å². The Labute approximate surface area is 190 Å². The van der Waals surface area contributed by atoms with Gasteiger partial charge in [0.1, 0.15) is 11.2 Å². The van der Waals surface area contributed by atoms with Crippen LogP contribution in [-0.2, 0) is 0 Å². The molecule has 0 radical (unpaired) electrons. The molecule has 6 rings (SSSR count). The predicted molar refractivity (Wildman–Crippen MR) is 132 cm³/mol. The van der Waals surface area contributed by atoms with Gasteiger partial charge in [-0.2, -0.15) is 0 Å². The van der Waals surface area contributed by atoms with E-state index in [4.69, 9.17) is 0 Å². The highest BCUT2D eigenvalue weighted by atomic mass is 16.2. The van der Waals surface area contributed by atoms with Crippen molar-refractivity contribution in [2.75, 3.05) is 0 Å². The Balaban J connectivity index is 1.80. The van der Waals surface area contributed by atoms with Crippen molar-refractivity contribution in [1.29, 1.82) is 0 Å². The van der Waals surface area contributed by atoms with Crippen molar-refractivity contribution in [2.24, 2.45) is 0 Å². The van der Waals surface area contributed by atoms with E-state index in [1.54, 1.807) is 4.57 Å². The first-order valence-electron chi connectivity index (χ1n) is 10.8. The molecule has 0 saturated carbocycles. The minimum atomic E-state index is -0.0917. The first-order valence-corrected chi connectivity index (χ1v) is 10.8. The van der Waals surface area contributed by atoms with Gasteiger partial charge in [-0.1, -0.05) is 97.1 Å². The second-order valence-electron chi connectivity index (χ2n) is 7.88. The summed E-state index contributed by atoms with van der Waals surface area (Å²) in [7, 11) is 0. The molecule has 0 spiro atoms. The maximum atomic E-state index is 13.9. The van der Waals surface area contributed by atoms with Crippen LogP contribution in [-0.4, -0.2) is 20.7 Å². The summed E-state index contributed by atoms with van der Waals surface area (Å²) in [4.78, 5) is 13.9. The molecule has 156 valence electrons. The van der Waals surface area contributed by atoms with Gasteiger partial charge in [0.2, 0.25) is 0 Å². The predicted octanol–water partition coefficient (Wildman–Crippen LogP) is 6.61. The lowest BCUT2D eigenvalue weighted by molar-refractivity contribution is 0.0969. The molecule has 4 nitrogen and oxygen atoms in total. The summed E-state index contributed by atoms with van der Waals surface area (Å²) in [5.74, 6) is -0.0917. The lowest BCUT2D eigenvalue weighted by Crippen LogP contribution is -2.12. The molecule has 0 amide bonds. The number of hydrogen-bond acceptors (Lipinski definition) is 3. The van der Waals surface area contributed by atoms with Crippen LogP contribution in [0.5, 0.6) is 0 Å². The van der Waals surface area contributed by atoms with Gasteiger partial charge in [0.15, 0.2) is 0 Å². The maximum Gasteiger partial charge on any atom is 0.262 e. The summed E-state index contributed by atoms with van der Waals surface area (Å²) >= 11 is 0. The smallest absolute Gasteiger partial charge is 0.262 e. The molecule has 6 aromatic rings. The summed E-state index contributed by atoms with van der Waals surface area (Å²) in [5.41, 5.74) is 6.51. The van der Waals surface area contributed by atoms with Crippen molar-refractivity contribution in [3.05, 3.63) is 121 Å².